The molecule has 6 heteroatoms. The van der Waals surface area contributed by atoms with E-state index in [9.17, 15) is 4.39 Å². The Morgan fingerprint density at radius 2 is 2.16 bits per heavy atom. The van der Waals surface area contributed by atoms with Gasteiger partial charge in [-0.1, -0.05) is 18.0 Å². The van der Waals surface area contributed by atoms with Crippen LogP contribution in [0.5, 0.6) is 0 Å². The molecule has 19 heavy (non-hydrogen) atoms. The van der Waals surface area contributed by atoms with E-state index >= 15 is 0 Å². The summed E-state index contributed by atoms with van der Waals surface area (Å²) in [5, 5.41) is 0.121. The maximum absolute atomic E-state index is 13.5. The van der Waals surface area contributed by atoms with Crippen molar-refractivity contribution in [3.8, 4) is 0 Å². The van der Waals surface area contributed by atoms with Gasteiger partial charge < -0.3 is 9.55 Å². The Morgan fingerprint density at radius 1 is 1.37 bits per heavy atom. The third-order valence-corrected chi connectivity index (χ3v) is 4.36. The summed E-state index contributed by atoms with van der Waals surface area (Å²) in [6.07, 6.45) is 5.52. The number of H-pyrrole nitrogens is 1. The van der Waals surface area contributed by atoms with E-state index in [1.807, 2.05) is 16.3 Å². The van der Waals surface area contributed by atoms with E-state index in [1.54, 1.807) is 6.07 Å². The van der Waals surface area contributed by atoms with Gasteiger partial charge in [-0.2, -0.15) is 11.8 Å². The number of aromatic amines is 1. The minimum atomic E-state index is -0.403. The number of imidazole rings is 1. The molecule has 0 spiro atoms. The van der Waals surface area contributed by atoms with Crippen molar-refractivity contribution in [1.82, 2.24) is 9.55 Å². The molecule has 0 saturated heterocycles. The van der Waals surface area contributed by atoms with Gasteiger partial charge in [-0.3, -0.25) is 0 Å². The Kier molecular flexibility index (Phi) is 5.30. The largest absolute Gasteiger partial charge is 0.331 e. The van der Waals surface area contributed by atoms with E-state index in [-0.39, 0.29) is 5.02 Å². The van der Waals surface area contributed by atoms with Crippen LogP contribution in [0.15, 0.2) is 12.1 Å². The number of halogens is 2. The molecule has 1 heterocycles. The average molecular weight is 319 g/mol. The Morgan fingerprint density at radius 3 is 2.89 bits per heavy atom. The van der Waals surface area contributed by atoms with Gasteiger partial charge in [0.15, 0.2) is 4.77 Å². The van der Waals surface area contributed by atoms with Crippen molar-refractivity contribution in [1.29, 1.82) is 0 Å². The first-order chi connectivity index (χ1) is 9.13. The SMILES string of the molecule is CSCCCCCn1c(=S)[nH]c2cc(Cl)c(F)cc21. The smallest absolute Gasteiger partial charge is 0.178 e. The van der Waals surface area contributed by atoms with Gasteiger partial charge in [0.2, 0.25) is 0 Å². The molecule has 0 unspecified atom stereocenters. The lowest BCUT2D eigenvalue weighted by Gasteiger charge is -2.05. The average Bonchev–Trinajstić information content (AvgIpc) is 2.66. The summed E-state index contributed by atoms with van der Waals surface area (Å²) in [5.41, 5.74) is 1.58. The molecule has 2 aromatic rings. The minimum absolute atomic E-state index is 0.121. The monoisotopic (exact) mass is 318 g/mol. The number of hydrogen-bond acceptors (Lipinski definition) is 2. The number of nitrogens with zero attached hydrogens (tertiary/aromatic N) is 1. The number of unbranched alkanes of at least 4 members (excludes halogenated alkanes) is 2. The van der Waals surface area contributed by atoms with Crippen LogP contribution in [0.3, 0.4) is 0 Å². The van der Waals surface area contributed by atoms with Crippen molar-refractivity contribution < 1.29 is 4.39 Å². The van der Waals surface area contributed by atoms with E-state index in [0.717, 1.165) is 30.4 Å². The van der Waals surface area contributed by atoms with Gasteiger partial charge in [-0.05, 0) is 43.1 Å². The second-order valence-electron chi connectivity index (χ2n) is 4.42. The Hall–Kier alpha value is -0.520. The number of nitrogens with one attached hydrogen (secondary N) is 1. The molecule has 0 bridgehead atoms. The van der Waals surface area contributed by atoms with Gasteiger partial charge in [0.25, 0.3) is 0 Å². The molecular formula is C13H16ClFN2S2. The fraction of sp³-hybridized carbons (Fsp3) is 0.462. The van der Waals surface area contributed by atoms with Crippen LogP contribution in [0.1, 0.15) is 19.3 Å². The molecule has 0 fully saturated rings. The number of thioether (sulfide) groups is 1. The molecule has 0 aliphatic rings. The van der Waals surface area contributed by atoms with Crippen LogP contribution < -0.4 is 0 Å². The summed E-state index contributed by atoms with van der Waals surface area (Å²) in [6.45, 7) is 0.814. The molecule has 1 aromatic heterocycles. The third kappa shape index (κ3) is 3.52. The number of hydrogen-bond donors (Lipinski definition) is 1. The van der Waals surface area contributed by atoms with Gasteiger partial charge in [-0.25, -0.2) is 4.39 Å². The maximum Gasteiger partial charge on any atom is 0.178 e. The number of aromatic nitrogens is 2. The zero-order chi connectivity index (χ0) is 13.8. The molecule has 104 valence electrons. The molecule has 0 aliphatic heterocycles. The van der Waals surface area contributed by atoms with Crippen LogP contribution in [0.2, 0.25) is 5.02 Å². The normalized spacial score (nSPS) is 11.3. The van der Waals surface area contributed by atoms with Gasteiger partial charge in [0.1, 0.15) is 5.82 Å². The Balaban J connectivity index is 2.16. The van der Waals surface area contributed by atoms with E-state index in [0.29, 0.717) is 4.77 Å². The summed E-state index contributed by atoms with van der Waals surface area (Å²) in [6, 6.07) is 3.04. The molecular weight excluding hydrogens is 303 g/mol. The number of rotatable bonds is 6. The van der Waals surface area contributed by atoms with Crippen LogP contribution in [0.4, 0.5) is 4.39 Å². The Bertz CT molecular complexity index is 621. The quantitative estimate of drug-likeness (QED) is 0.596. The Labute approximate surface area is 126 Å². The molecule has 0 radical (unpaired) electrons. The van der Waals surface area contributed by atoms with Crippen LogP contribution in [-0.2, 0) is 6.54 Å². The first kappa shape index (κ1) is 14.9. The lowest BCUT2D eigenvalue weighted by Crippen LogP contribution is -1.98. The molecule has 2 rings (SSSR count). The topological polar surface area (TPSA) is 20.7 Å². The standard InChI is InChI=1S/C13H16ClFN2S2/c1-19-6-4-2-3-5-17-12-8-10(15)9(14)7-11(12)16-13(17)18/h7-8H,2-6H2,1H3,(H,16,18). The molecule has 1 aromatic carbocycles. The summed E-state index contributed by atoms with van der Waals surface area (Å²) in [7, 11) is 0. The maximum atomic E-state index is 13.5. The van der Waals surface area contributed by atoms with Crippen molar-refractivity contribution >= 4 is 46.6 Å². The lowest BCUT2D eigenvalue weighted by atomic mass is 10.2. The lowest BCUT2D eigenvalue weighted by molar-refractivity contribution is 0.606. The fourth-order valence-electron chi connectivity index (χ4n) is 2.07. The predicted molar refractivity (Wildman–Crippen MR) is 84.3 cm³/mol. The molecule has 2 nitrogen and oxygen atoms in total. The van der Waals surface area contributed by atoms with Crippen molar-refractivity contribution in [2.45, 2.75) is 25.8 Å². The van der Waals surface area contributed by atoms with Crippen LogP contribution in [0.25, 0.3) is 11.0 Å². The number of fused-ring (bicyclic) bond motifs is 1. The second kappa shape index (κ2) is 6.77. The highest BCUT2D eigenvalue weighted by Crippen LogP contribution is 2.23. The molecule has 0 aliphatic carbocycles. The van der Waals surface area contributed by atoms with Crippen LogP contribution in [0, 0.1) is 10.6 Å². The van der Waals surface area contributed by atoms with Gasteiger partial charge in [0, 0.05) is 12.6 Å². The summed E-state index contributed by atoms with van der Waals surface area (Å²) in [4.78, 5) is 3.07. The predicted octanol–water partition coefficient (Wildman–Crippen LogP) is 5.02. The highest BCUT2D eigenvalue weighted by atomic mass is 35.5. The molecule has 0 amide bonds. The first-order valence-electron chi connectivity index (χ1n) is 6.20. The molecule has 0 atom stereocenters. The van der Waals surface area contributed by atoms with Gasteiger partial charge >= 0.3 is 0 Å². The summed E-state index contributed by atoms with van der Waals surface area (Å²) in [5.74, 6) is 0.781. The van der Waals surface area contributed by atoms with Crippen molar-refractivity contribution in [3.05, 3.63) is 27.7 Å². The zero-order valence-corrected chi connectivity index (χ0v) is 13.1. The van der Waals surface area contributed by atoms with Gasteiger partial charge in [-0.15, -0.1) is 0 Å². The van der Waals surface area contributed by atoms with Crippen molar-refractivity contribution in [2.75, 3.05) is 12.0 Å². The zero-order valence-electron chi connectivity index (χ0n) is 10.7. The minimum Gasteiger partial charge on any atom is -0.331 e. The first-order valence-corrected chi connectivity index (χ1v) is 8.38. The molecule has 1 N–H and O–H groups in total. The highest BCUT2D eigenvalue weighted by molar-refractivity contribution is 7.98. The highest BCUT2D eigenvalue weighted by Gasteiger charge is 2.08. The number of aryl methyl sites for hydroxylation is 1. The fourth-order valence-corrected chi connectivity index (χ4v) is 3.02. The van der Waals surface area contributed by atoms with Crippen molar-refractivity contribution in [3.63, 3.8) is 0 Å². The summed E-state index contributed by atoms with van der Waals surface area (Å²) < 4.78 is 16.1. The molecule has 0 saturated carbocycles. The number of benzene rings is 1. The van der Waals surface area contributed by atoms with E-state index in [1.165, 1.54) is 18.2 Å². The van der Waals surface area contributed by atoms with E-state index in [4.69, 9.17) is 23.8 Å². The van der Waals surface area contributed by atoms with Crippen LogP contribution >= 0.6 is 35.6 Å². The van der Waals surface area contributed by atoms with E-state index in [2.05, 4.69) is 11.2 Å². The third-order valence-electron chi connectivity index (χ3n) is 3.05. The summed E-state index contributed by atoms with van der Waals surface area (Å²) >= 11 is 12.9. The van der Waals surface area contributed by atoms with Crippen molar-refractivity contribution in [2.24, 2.45) is 0 Å². The second-order valence-corrected chi connectivity index (χ2v) is 6.20. The van der Waals surface area contributed by atoms with E-state index < -0.39 is 5.82 Å². The van der Waals surface area contributed by atoms with Gasteiger partial charge in [0.05, 0.1) is 16.1 Å². The van der Waals surface area contributed by atoms with Crippen LogP contribution in [-0.4, -0.2) is 21.6 Å².